The number of aliphatic hydroxyl groups is 1. The number of carbonyl (C=O) groups is 1. The van der Waals surface area contributed by atoms with E-state index in [0.717, 1.165) is 4.90 Å². The highest BCUT2D eigenvalue weighted by atomic mass is 32.2. The van der Waals surface area contributed by atoms with Crippen molar-refractivity contribution in [2.75, 3.05) is 12.9 Å². The summed E-state index contributed by atoms with van der Waals surface area (Å²) >= 11 is 1.53. The van der Waals surface area contributed by atoms with Gasteiger partial charge in [-0.05, 0) is 36.9 Å². The fourth-order valence-electron chi connectivity index (χ4n) is 2.27. The van der Waals surface area contributed by atoms with E-state index in [1.165, 1.54) is 22.5 Å². The molecule has 0 aliphatic heterocycles. The largest absolute Gasteiger partial charge is 0.490 e. The number of rotatable bonds is 7. The summed E-state index contributed by atoms with van der Waals surface area (Å²) in [5.74, 6) is -0.613. The lowest BCUT2D eigenvalue weighted by Crippen LogP contribution is -2.33. The molecule has 0 aliphatic rings. The minimum absolute atomic E-state index is 0.000292. The molecule has 2 N–H and O–H groups in total. The lowest BCUT2D eigenvalue weighted by Gasteiger charge is -2.16. The normalized spacial score (nSPS) is 12.0. The van der Waals surface area contributed by atoms with E-state index in [0.29, 0.717) is 11.3 Å². The topological polar surface area (TPSA) is 88.8 Å². The Hall–Kier alpha value is -2.25. The molecule has 0 saturated heterocycles. The van der Waals surface area contributed by atoms with Gasteiger partial charge in [-0.2, -0.15) is 0 Å². The average Bonchev–Trinajstić information content (AvgIpc) is 2.55. The van der Waals surface area contributed by atoms with E-state index in [1.54, 1.807) is 19.1 Å². The number of carboxylic acids is 1. The van der Waals surface area contributed by atoms with Crippen LogP contribution in [0.5, 0.6) is 5.75 Å². The molecule has 24 heavy (non-hydrogen) atoms. The Morgan fingerprint density at radius 2 is 2.04 bits per heavy atom. The molecule has 0 spiro atoms. The monoisotopic (exact) mass is 349 g/mol. The molecule has 1 aromatic heterocycles. The molecule has 2 rings (SSSR count). The molecule has 1 heterocycles. The third-order valence-corrected chi connectivity index (χ3v) is 4.27. The van der Waals surface area contributed by atoms with Crippen molar-refractivity contribution in [1.29, 1.82) is 0 Å². The molecule has 6 nitrogen and oxygen atoms in total. The van der Waals surface area contributed by atoms with Crippen molar-refractivity contribution in [2.24, 2.45) is 0 Å². The van der Waals surface area contributed by atoms with Gasteiger partial charge in [0.2, 0.25) is 0 Å². The van der Waals surface area contributed by atoms with Crippen molar-refractivity contribution < 1.29 is 19.7 Å². The van der Waals surface area contributed by atoms with Crippen LogP contribution in [-0.4, -0.2) is 39.7 Å². The molecule has 0 unspecified atom stereocenters. The van der Waals surface area contributed by atoms with Gasteiger partial charge in [0.25, 0.3) is 5.56 Å². The lowest BCUT2D eigenvalue weighted by atomic mass is 10.1. The van der Waals surface area contributed by atoms with Gasteiger partial charge in [0, 0.05) is 11.1 Å². The highest BCUT2D eigenvalue weighted by Gasteiger charge is 2.16. The molecular formula is C17H19NO5S. The molecule has 0 saturated carbocycles. The number of benzene rings is 1. The van der Waals surface area contributed by atoms with Gasteiger partial charge in [0.15, 0.2) is 0 Å². The predicted molar refractivity (Wildman–Crippen MR) is 92.1 cm³/mol. The van der Waals surface area contributed by atoms with E-state index >= 15 is 0 Å². The maximum Gasteiger partial charge on any atom is 0.341 e. The second-order valence-electron chi connectivity index (χ2n) is 5.25. The Morgan fingerprint density at radius 3 is 2.71 bits per heavy atom. The number of hydrogen-bond donors (Lipinski definition) is 2. The summed E-state index contributed by atoms with van der Waals surface area (Å²) in [4.78, 5) is 24.3. The van der Waals surface area contributed by atoms with E-state index in [1.807, 2.05) is 24.5 Å². The van der Waals surface area contributed by atoms with Crippen molar-refractivity contribution >= 4 is 17.7 Å². The van der Waals surface area contributed by atoms with Crippen LogP contribution >= 0.6 is 11.8 Å². The number of aromatic carboxylic acids is 1. The smallest absolute Gasteiger partial charge is 0.341 e. The molecule has 0 amide bonds. The highest BCUT2D eigenvalue weighted by molar-refractivity contribution is 7.98. The first-order valence-corrected chi connectivity index (χ1v) is 8.53. The first kappa shape index (κ1) is 18.1. The lowest BCUT2D eigenvalue weighted by molar-refractivity contribution is 0.0689. The fraction of sp³-hybridized carbons (Fsp3) is 0.294. The Bertz CT molecular complexity index is 787. The minimum Gasteiger partial charge on any atom is -0.490 e. The standard InChI is InChI=1S/C17H19NO5S/c1-11-7-8-18(16(20)15(11)17(21)22)9-12(19)10-23-13-5-3-4-6-14(13)24-2/h3-8,12,19H,9-10H2,1-2H3,(H,21,22)/t12-/m1/s1. The number of hydrogen-bond acceptors (Lipinski definition) is 5. The number of ether oxygens (including phenoxy) is 1. The van der Waals surface area contributed by atoms with Gasteiger partial charge in [-0.25, -0.2) is 4.79 Å². The highest BCUT2D eigenvalue weighted by Crippen LogP contribution is 2.26. The molecular weight excluding hydrogens is 330 g/mol. The summed E-state index contributed by atoms with van der Waals surface area (Å²) < 4.78 is 6.79. The zero-order chi connectivity index (χ0) is 17.7. The number of thioether (sulfide) groups is 1. The molecule has 128 valence electrons. The molecule has 0 bridgehead atoms. The van der Waals surface area contributed by atoms with Crippen molar-refractivity contribution in [3.05, 3.63) is 58.0 Å². The van der Waals surface area contributed by atoms with Gasteiger partial charge < -0.3 is 19.5 Å². The van der Waals surface area contributed by atoms with Crippen molar-refractivity contribution in [2.45, 2.75) is 24.5 Å². The first-order chi connectivity index (χ1) is 11.4. The van der Waals surface area contributed by atoms with Crippen LogP contribution in [-0.2, 0) is 6.54 Å². The van der Waals surface area contributed by atoms with Gasteiger partial charge in [-0.1, -0.05) is 12.1 Å². The van der Waals surface area contributed by atoms with Gasteiger partial charge >= 0.3 is 5.97 Å². The SMILES string of the molecule is CSc1ccccc1OC[C@H](O)Cn1ccc(C)c(C(=O)O)c1=O. The van der Waals surface area contributed by atoms with Crippen molar-refractivity contribution in [3.63, 3.8) is 0 Å². The molecule has 0 aliphatic carbocycles. The second kappa shape index (κ2) is 8.03. The quantitative estimate of drug-likeness (QED) is 0.744. The zero-order valence-electron chi connectivity index (χ0n) is 13.4. The van der Waals surface area contributed by atoms with E-state index in [9.17, 15) is 14.7 Å². The second-order valence-corrected chi connectivity index (χ2v) is 6.10. The Kier molecular flexibility index (Phi) is 6.05. The number of aliphatic hydroxyl groups excluding tert-OH is 1. The van der Waals surface area contributed by atoms with Crippen LogP contribution in [0.1, 0.15) is 15.9 Å². The minimum atomic E-state index is -1.27. The zero-order valence-corrected chi connectivity index (χ0v) is 14.2. The third-order valence-electron chi connectivity index (χ3n) is 3.50. The maximum atomic E-state index is 12.2. The van der Waals surface area contributed by atoms with Crippen LogP contribution in [0.3, 0.4) is 0 Å². The van der Waals surface area contributed by atoms with Crippen LogP contribution in [0.4, 0.5) is 0 Å². The van der Waals surface area contributed by atoms with Crippen LogP contribution in [0.15, 0.2) is 46.2 Å². The molecule has 1 aromatic carbocycles. The molecule has 7 heteroatoms. The summed E-state index contributed by atoms with van der Waals surface area (Å²) in [5.41, 5.74) is -0.521. The number of carboxylic acid groups (broad SMARTS) is 1. The Balaban J connectivity index is 2.08. The number of aryl methyl sites for hydroxylation is 1. The van der Waals surface area contributed by atoms with Crippen LogP contribution < -0.4 is 10.3 Å². The van der Waals surface area contributed by atoms with E-state index in [2.05, 4.69) is 0 Å². The summed E-state index contributed by atoms with van der Waals surface area (Å²) in [5, 5.41) is 19.2. The summed E-state index contributed by atoms with van der Waals surface area (Å²) in [6.07, 6.45) is 2.46. The van der Waals surface area contributed by atoms with Crippen LogP contribution in [0.2, 0.25) is 0 Å². The summed E-state index contributed by atoms with van der Waals surface area (Å²) in [7, 11) is 0. The maximum absolute atomic E-state index is 12.2. The van der Waals surface area contributed by atoms with E-state index in [-0.39, 0.29) is 18.7 Å². The number of nitrogens with zero attached hydrogens (tertiary/aromatic N) is 1. The average molecular weight is 349 g/mol. The molecule has 2 aromatic rings. The van der Waals surface area contributed by atoms with Crippen molar-refractivity contribution in [3.8, 4) is 5.75 Å². The Labute approximate surface area is 143 Å². The molecule has 0 radical (unpaired) electrons. The van der Waals surface area contributed by atoms with Crippen molar-refractivity contribution in [1.82, 2.24) is 4.57 Å². The van der Waals surface area contributed by atoms with Gasteiger partial charge in [0.05, 0.1) is 6.54 Å². The third kappa shape index (κ3) is 4.18. The van der Waals surface area contributed by atoms with Gasteiger partial charge in [0.1, 0.15) is 24.0 Å². The first-order valence-electron chi connectivity index (χ1n) is 7.31. The molecule has 0 fully saturated rings. The number of pyridine rings is 1. The Morgan fingerprint density at radius 1 is 1.33 bits per heavy atom. The number of para-hydroxylation sites is 1. The summed E-state index contributed by atoms with van der Waals surface area (Å²) in [6.45, 7) is 1.52. The fourth-order valence-corrected chi connectivity index (χ4v) is 2.82. The predicted octanol–water partition coefficient (Wildman–Crippen LogP) is 2.02. The number of aromatic nitrogens is 1. The van der Waals surface area contributed by atoms with E-state index < -0.39 is 17.6 Å². The van der Waals surface area contributed by atoms with Gasteiger partial charge in [-0.3, -0.25) is 4.79 Å². The van der Waals surface area contributed by atoms with Crippen LogP contribution in [0, 0.1) is 6.92 Å². The summed E-state index contributed by atoms with van der Waals surface area (Å²) in [6, 6.07) is 9.00. The van der Waals surface area contributed by atoms with Gasteiger partial charge in [-0.15, -0.1) is 11.8 Å². The van der Waals surface area contributed by atoms with E-state index in [4.69, 9.17) is 9.84 Å². The molecule has 1 atom stereocenters. The van der Waals surface area contributed by atoms with Crippen LogP contribution in [0.25, 0.3) is 0 Å².